The first-order valence-electron chi connectivity index (χ1n) is 6.90. The number of methoxy groups -OCH3 is 1. The first-order chi connectivity index (χ1) is 9.93. The van der Waals surface area contributed by atoms with E-state index in [2.05, 4.69) is 10.6 Å². The number of nitrogens with two attached hydrogens (primary N) is 1. The number of nitrogens with one attached hydrogen (secondary N) is 2. The molecule has 0 aliphatic heterocycles. The summed E-state index contributed by atoms with van der Waals surface area (Å²) >= 11 is 0. The highest BCUT2D eigenvalue weighted by Crippen LogP contribution is 2.11. The van der Waals surface area contributed by atoms with Crippen LogP contribution in [0.1, 0.15) is 30.6 Å². The number of carbonyl (C=O) groups excluding carboxylic acids is 2. The van der Waals surface area contributed by atoms with Crippen molar-refractivity contribution in [1.82, 2.24) is 5.32 Å². The molecular weight excluding hydrogens is 270 g/mol. The molecule has 0 fully saturated rings. The molecule has 0 spiro atoms. The standard InChI is InChI=1S/C15H23N3O3/c1-10(2)17-14(19)11-5-4-6-12(9-11)18-15(20)13(16)7-8-21-3/h4-6,9-10,13H,7-8,16H2,1-3H3,(H,17,19)(H,18,20). The van der Waals surface area contributed by atoms with Crippen molar-refractivity contribution in [1.29, 1.82) is 0 Å². The van der Waals surface area contributed by atoms with Crippen LogP contribution in [0.25, 0.3) is 0 Å². The molecule has 0 saturated heterocycles. The monoisotopic (exact) mass is 293 g/mol. The number of hydrogen-bond donors (Lipinski definition) is 3. The maximum atomic E-state index is 11.9. The van der Waals surface area contributed by atoms with Crippen LogP contribution >= 0.6 is 0 Å². The molecule has 1 unspecified atom stereocenters. The van der Waals surface area contributed by atoms with Gasteiger partial charge in [0.1, 0.15) is 0 Å². The summed E-state index contributed by atoms with van der Waals surface area (Å²) in [7, 11) is 1.56. The number of hydrogen-bond acceptors (Lipinski definition) is 4. The molecular formula is C15H23N3O3. The van der Waals surface area contributed by atoms with Crippen LogP contribution in [-0.4, -0.2) is 37.6 Å². The van der Waals surface area contributed by atoms with Gasteiger partial charge >= 0.3 is 0 Å². The van der Waals surface area contributed by atoms with E-state index in [0.29, 0.717) is 24.3 Å². The maximum absolute atomic E-state index is 11.9. The summed E-state index contributed by atoms with van der Waals surface area (Å²) in [4.78, 5) is 23.8. The Bertz CT molecular complexity index is 489. The third-order valence-corrected chi connectivity index (χ3v) is 2.78. The lowest BCUT2D eigenvalue weighted by atomic mass is 10.1. The predicted molar refractivity (Wildman–Crippen MR) is 82.1 cm³/mol. The Kier molecular flexibility index (Phi) is 6.84. The Morgan fingerprint density at radius 3 is 2.67 bits per heavy atom. The zero-order valence-corrected chi connectivity index (χ0v) is 12.7. The van der Waals surface area contributed by atoms with E-state index in [1.807, 2.05) is 13.8 Å². The molecule has 1 rings (SSSR count). The van der Waals surface area contributed by atoms with Crippen molar-refractivity contribution in [3.8, 4) is 0 Å². The zero-order chi connectivity index (χ0) is 15.8. The molecule has 6 heteroatoms. The number of ether oxygens (including phenoxy) is 1. The quantitative estimate of drug-likeness (QED) is 0.702. The van der Waals surface area contributed by atoms with E-state index in [0.717, 1.165) is 0 Å². The number of rotatable bonds is 7. The highest BCUT2D eigenvalue weighted by atomic mass is 16.5. The van der Waals surface area contributed by atoms with Gasteiger partial charge in [0.25, 0.3) is 5.91 Å². The molecule has 1 aromatic rings. The minimum atomic E-state index is -0.641. The van der Waals surface area contributed by atoms with Gasteiger partial charge in [0, 0.05) is 31.0 Å². The lowest BCUT2D eigenvalue weighted by Crippen LogP contribution is -2.36. The highest BCUT2D eigenvalue weighted by molar-refractivity contribution is 5.98. The van der Waals surface area contributed by atoms with Crippen molar-refractivity contribution in [2.45, 2.75) is 32.4 Å². The summed E-state index contributed by atoms with van der Waals surface area (Å²) in [6.07, 6.45) is 0.440. The molecule has 0 saturated carbocycles. The second kappa shape index (κ2) is 8.39. The van der Waals surface area contributed by atoms with Crippen LogP contribution in [0.2, 0.25) is 0 Å². The summed E-state index contributed by atoms with van der Waals surface area (Å²) in [6, 6.07) is 6.16. The Hall–Kier alpha value is -1.92. The molecule has 1 aromatic carbocycles. The molecule has 4 N–H and O–H groups in total. The molecule has 0 aliphatic rings. The smallest absolute Gasteiger partial charge is 0.251 e. The topological polar surface area (TPSA) is 93.4 Å². The lowest BCUT2D eigenvalue weighted by Gasteiger charge is -2.13. The molecule has 0 aromatic heterocycles. The van der Waals surface area contributed by atoms with E-state index in [1.165, 1.54) is 0 Å². The first kappa shape index (κ1) is 17.1. The SMILES string of the molecule is COCCC(N)C(=O)Nc1cccc(C(=O)NC(C)C)c1. The van der Waals surface area contributed by atoms with E-state index in [9.17, 15) is 9.59 Å². The normalized spacial score (nSPS) is 12.0. The van der Waals surface area contributed by atoms with Crippen molar-refractivity contribution in [3.05, 3.63) is 29.8 Å². The van der Waals surface area contributed by atoms with Gasteiger partial charge in [0.05, 0.1) is 6.04 Å². The Balaban J connectivity index is 2.68. The average molecular weight is 293 g/mol. The van der Waals surface area contributed by atoms with Gasteiger partial charge in [-0.2, -0.15) is 0 Å². The predicted octanol–water partition coefficient (Wildman–Crippen LogP) is 1.13. The average Bonchev–Trinajstić information content (AvgIpc) is 2.44. The lowest BCUT2D eigenvalue weighted by molar-refractivity contribution is -0.117. The molecule has 116 valence electrons. The summed E-state index contributed by atoms with van der Waals surface area (Å²) in [5, 5.41) is 5.50. The molecule has 0 bridgehead atoms. The van der Waals surface area contributed by atoms with Gasteiger partial charge in [-0.3, -0.25) is 9.59 Å². The zero-order valence-electron chi connectivity index (χ0n) is 12.7. The molecule has 0 heterocycles. The molecule has 1 atom stereocenters. The van der Waals surface area contributed by atoms with Gasteiger partial charge in [0.15, 0.2) is 0 Å². The van der Waals surface area contributed by atoms with Gasteiger partial charge in [-0.1, -0.05) is 6.07 Å². The van der Waals surface area contributed by atoms with Crippen molar-refractivity contribution < 1.29 is 14.3 Å². The molecule has 21 heavy (non-hydrogen) atoms. The fourth-order valence-corrected chi connectivity index (χ4v) is 1.69. The van der Waals surface area contributed by atoms with Crippen LogP contribution in [0.3, 0.4) is 0 Å². The van der Waals surface area contributed by atoms with Gasteiger partial charge in [-0.15, -0.1) is 0 Å². The third kappa shape index (κ3) is 5.93. The van der Waals surface area contributed by atoms with E-state index in [4.69, 9.17) is 10.5 Å². The summed E-state index contributed by atoms with van der Waals surface area (Å²) < 4.78 is 4.89. The Labute approximate surface area is 125 Å². The van der Waals surface area contributed by atoms with E-state index in [1.54, 1.807) is 31.4 Å². The molecule has 2 amide bonds. The van der Waals surface area contributed by atoms with Crippen LogP contribution in [0.5, 0.6) is 0 Å². The first-order valence-corrected chi connectivity index (χ1v) is 6.90. The van der Waals surface area contributed by atoms with Gasteiger partial charge < -0.3 is 21.1 Å². The fourth-order valence-electron chi connectivity index (χ4n) is 1.69. The number of amides is 2. The fraction of sp³-hybridized carbons (Fsp3) is 0.467. The van der Waals surface area contributed by atoms with Crippen molar-refractivity contribution >= 4 is 17.5 Å². The summed E-state index contributed by atoms with van der Waals surface area (Å²) in [6.45, 7) is 4.20. The van der Waals surface area contributed by atoms with Crippen LogP contribution in [0, 0.1) is 0 Å². The van der Waals surface area contributed by atoms with E-state index in [-0.39, 0.29) is 17.9 Å². The molecule has 6 nitrogen and oxygen atoms in total. The third-order valence-electron chi connectivity index (χ3n) is 2.78. The Morgan fingerprint density at radius 2 is 2.05 bits per heavy atom. The summed E-state index contributed by atoms with van der Waals surface area (Å²) in [5.74, 6) is -0.474. The minimum absolute atomic E-state index is 0.0539. The van der Waals surface area contributed by atoms with Gasteiger partial charge in [0.2, 0.25) is 5.91 Å². The van der Waals surface area contributed by atoms with Gasteiger partial charge in [-0.25, -0.2) is 0 Å². The number of carbonyl (C=O) groups is 2. The van der Waals surface area contributed by atoms with Crippen molar-refractivity contribution in [3.63, 3.8) is 0 Å². The Morgan fingerprint density at radius 1 is 1.33 bits per heavy atom. The number of benzene rings is 1. The minimum Gasteiger partial charge on any atom is -0.385 e. The molecule has 0 aliphatic carbocycles. The van der Waals surface area contributed by atoms with E-state index >= 15 is 0 Å². The van der Waals surface area contributed by atoms with E-state index < -0.39 is 6.04 Å². The van der Waals surface area contributed by atoms with Crippen molar-refractivity contribution in [2.24, 2.45) is 5.73 Å². The summed E-state index contributed by atoms with van der Waals surface area (Å²) in [5.41, 5.74) is 6.78. The van der Waals surface area contributed by atoms with Gasteiger partial charge in [-0.05, 0) is 38.5 Å². The largest absolute Gasteiger partial charge is 0.385 e. The highest BCUT2D eigenvalue weighted by Gasteiger charge is 2.14. The van der Waals surface area contributed by atoms with Crippen LogP contribution in [-0.2, 0) is 9.53 Å². The van der Waals surface area contributed by atoms with Crippen molar-refractivity contribution in [2.75, 3.05) is 19.0 Å². The molecule has 0 radical (unpaired) electrons. The van der Waals surface area contributed by atoms with Crippen LogP contribution in [0.4, 0.5) is 5.69 Å². The van der Waals surface area contributed by atoms with Crippen LogP contribution in [0.15, 0.2) is 24.3 Å². The number of anilines is 1. The second-order valence-corrected chi connectivity index (χ2v) is 5.09. The second-order valence-electron chi connectivity index (χ2n) is 5.09. The maximum Gasteiger partial charge on any atom is 0.251 e. The van der Waals surface area contributed by atoms with Crippen LogP contribution < -0.4 is 16.4 Å².